The van der Waals surface area contributed by atoms with E-state index in [9.17, 15) is 5.11 Å². The molecule has 0 amide bonds. The molecule has 0 bridgehead atoms. The van der Waals surface area contributed by atoms with Gasteiger partial charge in [-0.25, -0.2) is 0 Å². The van der Waals surface area contributed by atoms with Crippen LogP contribution in [0.1, 0.15) is 24.2 Å². The molecule has 21 heavy (non-hydrogen) atoms. The smallest absolute Gasteiger partial charge is 0.125 e. The number of hydrogen-bond acceptors (Lipinski definition) is 3. The van der Waals surface area contributed by atoms with Gasteiger partial charge >= 0.3 is 0 Å². The van der Waals surface area contributed by atoms with Crippen molar-refractivity contribution in [2.75, 3.05) is 6.61 Å². The first-order chi connectivity index (χ1) is 10.3. The number of benzene rings is 2. The molecule has 3 aromatic rings. The number of ether oxygens (including phenoxy) is 1. The van der Waals surface area contributed by atoms with Crippen molar-refractivity contribution >= 4 is 10.9 Å². The summed E-state index contributed by atoms with van der Waals surface area (Å²) in [4.78, 5) is 4.40. The molecule has 1 atom stereocenters. The molecule has 3 heteroatoms. The van der Waals surface area contributed by atoms with Gasteiger partial charge in [-0.2, -0.15) is 0 Å². The quantitative estimate of drug-likeness (QED) is 0.791. The third-order valence-corrected chi connectivity index (χ3v) is 3.47. The number of fused-ring (bicyclic) bond motifs is 1. The van der Waals surface area contributed by atoms with Crippen molar-refractivity contribution in [2.45, 2.75) is 13.0 Å². The fourth-order valence-electron chi connectivity index (χ4n) is 2.51. The Bertz CT molecular complexity index is 750. The van der Waals surface area contributed by atoms with E-state index in [0.717, 1.165) is 22.0 Å². The third-order valence-electron chi connectivity index (χ3n) is 3.47. The standard InChI is InChI=1S/C18H17NO2/c1-2-21-16-11-4-3-9-14(16)18(20)15-10-5-7-13-8-6-12-19-17(13)15/h3-12,18,20H,2H2,1H3. The number of aliphatic hydroxyl groups is 1. The van der Waals surface area contributed by atoms with Crippen molar-refractivity contribution in [3.63, 3.8) is 0 Å². The highest BCUT2D eigenvalue weighted by Gasteiger charge is 2.17. The Labute approximate surface area is 123 Å². The Hall–Kier alpha value is -2.39. The zero-order chi connectivity index (χ0) is 14.7. The Morgan fingerprint density at radius 1 is 1.00 bits per heavy atom. The van der Waals surface area contributed by atoms with E-state index in [-0.39, 0.29) is 0 Å². The second-order valence-electron chi connectivity index (χ2n) is 4.80. The van der Waals surface area contributed by atoms with Crippen LogP contribution in [0.4, 0.5) is 0 Å². The second kappa shape index (κ2) is 5.94. The predicted octanol–water partition coefficient (Wildman–Crippen LogP) is 3.72. The minimum Gasteiger partial charge on any atom is -0.493 e. The molecule has 0 fully saturated rings. The van der Waals surface area contributed by atoms with Gasteiger partial charge in [-0.3, -0.25) is 4.98 Å². The summed E-state index contributed by atoms with van der Waals surface area (Å²) >= 11 is 0. The first kappa shape index (κ1) is 13.6. The Morgan fingerprint density at radius 3 is 2.62 bits per heavy atom. The van der Waals surface area contributed by atoms with Crippen LogP contribution in [-0.2, 0) is 0 Å². The molecule has 0 radical (unpaired) electrons. The Kier molecular flexibility index (Phi) is 3.84. The van der Waals surface area contributed by atoms with Gasteiger partial charge in [0.2, 0.25) is 0 Å². The van der Waals surface area contributed by atoms with Crippen LogP contribution >= 0.6 is 0 Å². The Balaban J connectivity index is 2.11. The molecule has 1 aromatic heterocycles. The number of rotatable bonds is 4. The molecule has 1 unspecified atom stereocenters. The monoisotopic (exact) mass is 279 g/mol. The second-order valence-corrected chi connectivity index (χ2v) is 4.80. The van der Waals surface area contributed by atoms with Crippen LogP contribution in [0.15, 0.2) is 60.8 Å². The zero-order valence-corrected chi connectivity index (χ0v) is 11.9. The first-order valence-electron chi connectivity index (χ1n) is 7.04. The largest absolute Gasteiger partial charge is 0.493 e. The van der Waals surface area contributed by atoms with E-state index in [1.165, 1.54) is 0 Å². The summed E-state index contributed by atoms with van der Waals surface area (Å²) in [5, 5.41) is 11.8. The number of aromatic nitrogens is 1. The number of aliphatic hydroxyl groups excluding tert-OH is 1. The van der Waals surface area contributed by atoms with Gasteiger partial charge in [-0.15, -0.1) is 0 Å². The van der Waals surface area contributed by atoms with Gasteiger partial charge in [-0.1, -0.05) is 42.5 Å². The molecule has 0 spiro atoms. The topological polar surface area (TPSA) is 42.4 Å². The van der Waals surface area contributed by atoms with Gasteiger partial charge in [0.05, 0.1) is 12.1 Å². The van der Waals surface area contributed by atoms with Gasteiger partial charge < -0.3 is 9.84 Å². The zero-order valence-electron chi connectivity index (χ0n) is 11.9. The lowest BCUT2D eigenvalue weighted by molar-refractivity contribution is 0.213. The molecule has 0 saturated heterocycles. The summed E-state index contributed by atoms with van der Waals surface area (Å²) in [5.74, 6) is 0.709. The Morgan fingerprint density at radius 2 is 1.76 bits per heavy atom. The lowest BCUT2D eigenvalue weighted by atomic mass is 9.98. The van der Waals surface area contributed by atoms with Crippen LogP contribution in [0.2, 0.25) is 0 Å². The fourth-order valence-corrected chi connectivity index (χ4v) is 2.51. The minimum atomic E-state index is -0.758. The highest BCUT2D eigenvalue weighted by Crippen LogP contribution is 2.32. The predicted molar refractivity (Wildman–Crippen MR) is 83.4 cm³/mol. The molecule has 3 nitrogen and oxygen atoms in total. The van der Waals surface area contributed by atoms with Gasteiger partial charge in [0.25, 0.3) is 0 Å². The molecule has 0 aliphatic heterocycles. The molecular weight excluding hydrogens is 262 g/mol. The first-order valence-corrected chi connectivity index (χ1v) is 7.04. The molecular formula is C18H17NO2. The summed E-state index contributed by atoms with van der Waals surface area (Å²) in [6, 6.07) is 17.3. The summed E-state index contributed by atoms with van der Waals surface area (Å²) in [6.45, 7) is 2.50. The van der Waals surface area contributed by atoms with Crippen molar-refractivity contribution in [3.05, 3.63) is 71.9 Å². The normalized spacial score (nSPS) is 12.3. The van der Waals surface area contributed by atoms with E-state index in [1.54, 1.807) is 6.20 Å². The van der Waals surface area contributed by atoms with Crippen LogP contribution in [0.3, 0.4) is 0 Å². The van der Waals surface area contributed by atoms with Crippen LogP contribution in [0, 0.1) is 0 Å². The van der Waals surface area contributed by atoms with E-state index in [4.69, 9.17) is 4.74 Å². The average molecular weight is 279 g/mol. The van der Waals surface area contributed by atoms with Crippen LogP contribution in [-0.4, -0.2) is 16.7 Å². The molecule has 1 N–H and O–H groups in total. The van der Waals surface area contributed by atoms with E-state index in [2.05, 4.69) is 4.98 Å². The molecule has 2 aromatic carbocycles. The highest BCUT2D eigenvalue weighted by atomic mass is 16.5. The minimum absolute atomic E-state index is 0.567. The SMILES string of the molecule is CCOc1ccccc1C(O)c1cccc2cccnc12. The number of hydrogen-bond donors (Lipinski definition) is 1. The molecule has 1 heterocycles. The maximum absolute atomic E-state index is 10.8. The highest BCUT2D eigenvalue weighted by molar-refractivity contribution is 5.82. The van der Waals surface area contributed by atoms with Crippen molar-refractivity contribution < 1.29 is 9.84 Å². The molecule has 0 aliphatic carbocycles. The van der Waals surface area contributed by atoms with Gasteiger partial charge in [-0.05, 0) is 19.1 Å². The fraction of sp³-hybridized carbons (Fsp3) is 0.167. The van der Waals surface area contributed by atoms with Crippen molar-refractivity contribution in [1.29, 1.82) is 0 Å². The summed E-state index contributed by atoms with van der Waals surface area (Å²) in [6.07, 6.45) is 0.985. The van der Waals surface area contributed by atoms with E-state index >= 15 is 0 Å². The molecule has 3 rings (SSSR count). The number of nitrogens with zero attached hydrogens (tertiary/aromatic N) is 1. The van der Waals surface area contributed by atoms with Gasteiger partial charge in [0, 0.05) is 22.7 Å². The van der Waals surface area contributed by atoms with Crippen molar-refractivity contribution in [1.82, 2.24) is 4.98 Å². The average Bonchev–Trinajstić information content (AvgIpc) is 2.54. The van der Waals surface area contributed by atoms with E-state index in [1.807, 2.05) is 61.5 Å². The van der Waals surface area contributed by atoms with Crippen LogP contribution in [0.5, 0.6) is 5.75 Å². The summed E-state index contributed by atoms with van der Waals surface area (Å²) in [7, 11) is 0. The van der Waals surface area contributed by atoms with Gasteiger partial charge in [0.15, 0.2) is 0 Å². The summed E-state index contributed by atoms with van der Waals surface area (Å²) < 4.78 is 5.61. The molecule has 0 aliphatic rings. The maximum atomic E-state index is 10.8. The van der Waals surface area contributed by atoms with Crippen LogP contribution in [0.25, 0.3) is 10.9 Å². The van der Waals surface area contributed by atoms with Crippen molar-refractivity contribution in [3.8, 4) is 5.75 Å². The number of para-hydroxylation sites is 2. The van der Waals surface area contributed by atoms with E-state index < -0.39 is 6.10 Å². The lowest BCUT2D eigenvalue weighted by Crippen LogP contribution is -2.05. The molecule has 106 valence electrons. The summed E-state index contributed by atoms with van der Waals surface area (Å²) in [5.41, 5.74) is 2.37. The van der Waals surface area contributed by atoms with Crippen molar-refractivity contribution in [2.24, 2.45) is 0 Å². The van der Waals surface area contributed by atoms with Gasteiger partial charge in [0.1, 0.15) is 11.9 Å². The lowest BCUT2D eigenvalue weighted by Gasteiger charge is -2.17. The molecule has 0 saturated carbocycles. The van der Waals surface area contributed by atoms with Crippen LogP contribution < -0.4 is 4.74 Å². The number of pyridine rings is 1. The third kappa shape index (κ3) is 2.60. The maximum Gasteiger partial charge on any atom is 0.125 e. The van der Waals surface area contributed by atoms with E-state index in [0.29, 0.717) is 12.4 Å².